The molecule has 3 atom stereocenters. The summed E-state index contributed by atoms with van der Waals surface area (Å²) < 4.78 is 17.0. The number of rotatable bonds is 11. The highest BCUT2D eigenvalue weighted by atomic mass is 32.2. The molecule has 38 heavy (non-hydrogen) atoms. The number of nitrogens with zero attached hydrogens (tertiary/aromatic N) is 2. The van der Waals surface area contributed by atoms with Crippen molar-refractivity contribution in [2.24, 2.45) is 5.92 Å². The lowest BCUT2D eigenvalue weighted by Gasteiger charge is -2.48. The zero-order valence-corrected chi connectivity index (χ0v) is 24.8. The van der Waals surface area contributed by atoms with Crippen molar-refractivity contribution < 1.29 is 33.2 Å². The van der Waals surface area contributed by atoms with E-state index in [0.29, 0.717) is 16.9 Å². The Morgan fingerprint density at radius 2 is 1.84 bits per heavy atom. The summed E-state index contributed by atoms with van der Waals surface area (Å²) in [6.07, 6.45) is 0.139. The molecular weight excluding hydrogens is 528 g/mol. The van der Waals surface area contributed by atoms with Gasteiger partial charge < -0.3 is 18.8 Å². The summed E-state index contributed by atoms with van der Waals surface area (Å²) in [6.45, 7) is 14.5. The van der Waals surface area contributed by atoms with E-state index in [0.717, 1.165) is 0 Å². The monoisotopic (exact) mass is 564 g/mol. The Morgan fingerprint density at radius 3 is 2.39 bits per heavy atom. The van der Waals surface area contributed by atoms with Crippen LogP contribution in [0.3, 0.4) is 0 Å². The predicted molar refractivity (Wildman–Crippen MR) is 145 cm³/mol. The molecule has 0 saturated carbocycles. The summed E-state index contributed by atoms with van der Waals surface area (Å²) in [5, 5.41) is 10.8. The van der Waals surface area contributed by atoms with Crippen molar-refractivity contribution in [2.45, 2.75) is 77.9 Å². The molecule has 10 nitrogen and oxygen atoms in total. The number of nitro groups is 1. The molecule has 12 heteroatoms. The standard InChI is InChI=1S/C26H36N2O8SSi/c1-8-34-25(31)23-20(37-15-21(29)35-14-17-9-11-18(12-10-17)28(32)33)13-19-22(24(30)27(19)23)16(2)36-38(6,7)26(3,4)5/h9-12,16,19,22H,8,13-15H2,1-7H3/t16-,19-,22-/m1/s1. The van der Waals surface area contributed by atoms with Crippen molar-refractivity contribution in [1.29, 1.82) is 0 Å². The van der Waals surface area contributed by atoms with Crippen LogP contribution in [0.2, 0.25) is 18.1 Å². The number of amides is 1. The van der Waals surface area contributed by atoms with Gasteiger partial charge in [0.2, 0.25) is 5.91 Å². The molecule has 1 aromatic carbocycles. The van der Waals surface area contributed by atoms with Gasteiger partial charge in [0.05, 0.1) is 35.3 Å². The highest BCUT2D eigenvalue weighted by Gasteiger charge is 2.58. The van der Waals surface area contributed by atoms with E-state index in [9.17, 15) is 24.5 Å². The second-order valence-electron chi connectivity index (χ2n) is 11.0. The summed E-state index contributed by atoms with van der Waals surface area (Å²) >= 11 is 1.17. The highest BCUT2D eigenvalue weighted by Crippen LogP contribution is 2.49. The van der Waals surface area contributed by atoms with Crippen LogP contribution < -0.4 is 0 Å². The second kappa shape index (κ2) is 11.6. The van der Waals surface area contributed by atoms with Gasteiger partial charge in [-0.15, -0.1) is 11.8 Å². The van der Waals surface area contributed by atoms with Crippen LogP contribution in [0.1, 0.15) is 46.6 Å². The summed E-state index contributed by atoms with van der Waals surface area (Å²) in [5.41, 5.74) is 0.775. The Balaban J connectivity index is 1.65. The number of hydrogen-bond donors (Lipinski definition) is 0. The molecule has 1 aromatic rings. The van der Waals surface area contributed by atoms with E-state index >= 15 is 0 Å². The normalized spacial score (nSPS) is 20.1. The third-order valence-corrected chi connectivity index (χ3v) is 13.0. The number of hydrogen-bond acceptors (Lipinski definition) is 9. The zero-order chi connectivity index (χ0) is 28.4. The van der Waals surface area contributed by atoms with Crippen LogP contribution in [0.4, 0.5) is 5.69 Å². The van der Waals surface area contributed by atoms with Gasteiger partial charge in [-0.2, -0.15) is 0 Å². The molecule has 0 bridgehead atoms. The second-order valence-corrected chi connectivity index (χ2v) is 16.8. The van der Waals surface area contributed by atoms with Gasteiger partial charge in [0, 0.05) is 23.5 Å². The molecule has 0 aromatic heterocycles. The Labute approximate surface area is 228 Å². The number of non-ortho nitro benzene ring substituents is 1. The average Bonchev–Trinajstić information content (AvgIpc) is 3.15. The van der Waals surface area contributed by atoms with E-state index in [2.05, 4.69) is 33.9 Å². The van der Waals surface area contributed by atoms with Crippen LogP contribution in [-0.4, -0.2) is 60.5 Å². The summed E-state index contributed by atoms with van der Waals surface area (Å²) in [7, 11) is -2.11. The van der Waals surface area contributed by atoms with Gasteiger partial charge in [-0.05, 0) is 49.7 Å². The summed E-state index contributed by atoms with van der Waals surface area (Å²) in [5.74, 6) is -1.68. The van der Waals surface area contributed by atoms with E-state index in [4.69, 9.17) is 13.9 Å². The molecule has 2 aliphatic rings. The first-order valence-corrected chi connectivity index (χ1v) is 16.5. The fourth-order valence-electron chi connectivity index (χ4n) is 4.32. The number of carbonyl (C=O) groups excluding carboxylic acids is 3. The van der Waals surface area contributed by atoms with Crippen molar-refractivity contribution in [3.63, 3.8) is 0 Å². The molecule has 2 aliphatic heterocycles. The first kappa shape index (κ1) is 29.8. The Bertz CT molecular complexity index is 1130. The predicted octanol–water partition coefficient (Wildman–Crippen LogP) is 4.79. The van der Waals surface area contributed by atoms with Crippen LogP contribution in [0.25, 0.3) is 0 Å². The molecule has 0 radical (unpaired) electrons. The number of nitro benzene ring substituents is 1. The Hall–Kier alpha value is -2.70. The lowest BCUT2D eigenvalue weighted by molar-refractivity contribution is -0.384. The van der Waals surface area contributed by atoms with Crippen molar-refractivity contribution in [2.75, 3.05) is 12.4 Å². The lowest BCUT2D eigenvalue weighted by Crippen LogP contribution is -2.63. The van der Waals surface area contributed by atoms with Crippen molar-refractivity contribution in [1.82, 2.24) is 4.90 Å². The number of fused-ring (bicyclic) bond motifs is 1. The van der Waals surface area contributed by atoms with Gasteiger partial charge in [0.25, 0.3) is 5.69 Å². The minimum atomic E-state index is -2.11. The molecule has 1 amide bonds. The van der Waals surface area contributed by atoms with Crippen LogP contribution >= 0.6 is 11.8 Å². The lowest BCUT2D eigenvalue weighted by atomic mass is 9.83. The minimum absolute atomic E-state index is 0.00635. The molecular formula is C26H36N2O8SSi. The fourth-order valence-corrected chi connectivity index (χ4v) is 6.73. The van der Waals surface area contributed by atoms with Crippen LogP contribution in [-0.2, 0) is 34.9 Å². The molecule has 208 valence electrons. The molecule has 0 unspecified atom stereocenters. The number of β-lactam (4-membered cyclic amide) rings is 1. The first-order chi connectivity index (χ1) is 17.7. The van der Waals surface area contributed by atoms with E-state index in [1.807, 2.05) is 6.92 Å². The molecule has 2 heterocycles. The van der Waals surface area contributed by atoms with Crippen LogP contribution in [0.15, 0.2) is 34.9 Å². The maximum absolute atomic E-state index is 13.2. The van der Waals surface area contributed by atoms with Crippen molar-refractivity contribution in [3.05, 3.63) is 50.5 Å². The topological polar surface area (TPSA) is 125 Å². The minimum Gasteiger partial charge on any atom is -0.461 e. The maximum Gasteiger partial charge on any atom is 0.355 e. The average molecular weight is 565 g/mol. The largest absolute Gasteiger partial charge is 0.461 e. The number of thioether (sulfide) groups is 1. The molecule has 0 spiro atoms. The summed E-state index contributed by atoms with van der Waals surface area (Å²) in [6, 6.07) is 5.53. The Kier molecular flexibility index (Phi) is 9.10. The zero-order valence-electron chi connectivity index (χ0n) is 22.9. The molecule has 3 rings (SSSR count). The van der Waals surface area contributed by atoms with Crippen LogP contribution in [0, 0.1) is 16.0 Å². The number of ether oxygens (including phenoxy) is 2. The fraction of sp³-hybridized carbons (Fsp3) is 0.577. The maximum atomic E-state index is 13.2. The van der Waals surface area contributed by atoms with E-state index in [-0.39, 0.29) is 59.4 Å². The van der Waals surface area contributed by atoms with Gasteiger partial charge in [-0.1, -0.05) is 20.8 Å². The Morgan fingerprint density at radius 1 is 1.21 bits per heavy atom. The quantitative estimate of drug-likeness (QED) is 0.123. The van der Waals surface area contributed by atoms with E-state index < -0.39 is 25.2 Å². The molecule has 0 N–H and O–H groups in total. The number of benzene rings is 1. The number of esters is 2. The first-order valence-electron chi connectivity index (χ1n) is 12.6. The third-order valence-electron chi connectivity index (χ3n) is 7.34. The molecule has 1 saturated heterocycles. The van der Waals surface area contributed by atoms with Crippen LogP contribution in [0.5, 0.6) is 0 Å². The van der Waals surface area contributed by atoms with E-state index in [1.54, 1.807) is 6.92 Å². The van der Waals surface area contributed by atoms with Gasteiger partial charge in [0.1, 0.15) is 12.3 Å². The van der Waals surface area contributed by atoms with Crippen molar-refractivity contribution in [3.8, 4) is 0 Å². The van der Waals surface area contributed by atoms with Crippen molar-refractivity contribution >= 4 is 43.6 Å². The van der Waals surface area contributed by atoms with Gasteiger partial charge in [-0.3, -0.25) is 19.7 Å². The van der Waals surface area contributed by atoms with Gasteiger partial charge >= 0.3 is 11.9 Å². The smallest absolute Gasteiger partial charge is 0.355 e. The SMILES string of the molecule is CCOC(=O)C1=C(SCC(=O)OCc2ccc([N+](=O)[O-])cc2)C[C@@H]2[C@@H]([C@@H](C)O[Si](C)(C)C(C)(C)C)C(=O)N12. The number of carbonyl (C=O) groups is 3. The highest BCUT2D eigenvalue weighted by molar-refractivity contribution is 8.03. The van der Waals surface area contributed by atoms with E-state index in [1.165, 1.54) is 40.9 Å². The van der Waals surface area contributed by atoms with Gasteiger partial charge in [-0.25, -0.2) is 4.79 Å². The third kappa shape index (κ3) is 6.29. The molecule has 1 fully saturated rings. The summed E-state index contributed by atoms with van der Waals surface area (Å²) in [4.78, 5) is 50.8. The molecule has 0 aliphatic carbocycles. The van der Waals surface area contributed by atoms with Gasteiger partial charge in [0.15, 0.2) is 8.32 Å².